The van der Waals surface area contributed by atoms with Crippen LogP contribution in [0.15, 0.2) is 47.7 Å². The summed E-state index contributed by atoms with van der Waals surface area (Å²) in [6.45, 7) is 0. The average molecular weight is 477 g/mol. The van der Waals surface area contributed by atoms with Gasteiger partial charge >= 0.3 is 0 Å². The summed E-state index contributed by atoms with van der Waals surface area (Å²) in [7, 11) is 0. The molecule has 3 aromatic rings. The summed E-state index contributed by atoms with van der Waals surface area (Å²) in [6.07, 6.45) is 2.24. The molecular weight excluding hydrogens is 465 g/mol. The van der Waals surface area contributed by atoms with Gasteiger partial charge in [-0.05, 0) is 56.5 Å². The summed E-state index contributed by atoms with van der Waals surface area (Å²) in [5.41, 5.74) is 11.1. The molecule has 0 fully saturated rings. The lowest BCUT2D eigenvalue weighted by Crippen LogP contribution is -2.00. The number of carbonyl (C=O) groups excluding carboxylic acids is 1. The Kier molecular flexibility index (Phi) is 5.57. The van der Waals surface area contributed by atoms with Gasteiger partial charge in [-0.25, -0.2) is 0 Å². The molecule has 0 aliphatic heterocycles. The zero-order valence-electron chi connectivity index (χ0n) is 13.8. The van der Waals surface area contributed by atoms with Crippen LogP contribution in [0, 0.1) is 10.1 Å². The summed E-state index contributed by atoms with van der Waals surface area (Å²) in [5.74, 6) is -0.201. The molecule has 9 nitrogen and oxygen atoms in total. The second-order valence-electron chi connectivity index (χ2n) is 5.55. The number of halogens is 1. The van der Waals surface area contributed by atoms with Crippen molar-refractivity contribution >= 4 is 45.1 Å². The molecule has 10 heteroatoms. The number of H-pyrrole nitrogens is 1. The van der Waals surface area contributed by atoms with Crippen LogP contribution >= 0.6 is 22.6 Å². The number of amides is 1. The van der Waals surface area contributed by atoms with E-state index in [2.05, 4.69) is 15.0 Å². The Balaban J connectivity index is 2.00. The van der Waals surface area contributed by atoms with E-state index < -0.39 is 10.8 Å². The highest BCUT2D eigenvalue weighted by Crippen LogP contribution is 2.29. The smallest absolute Gasteiger partial charge is 0.270 e. The van der Waals surface area contributed by atoms with Crippen LogP contribution in [0.4, 0.5) is 5.69 Å². The van der Waals surface area contributed by atoms with E-state index in [-0.39, 0.29) is 11.3 Å². The second-order valence-corrected chi connectivity index (χ2v) is 6.17. The van der Waals surface area contributed by atoms with Crippen LogP contribution in [0.2, 0.25) is 0 Å². The average Bonchev–Trinajstić information content (AvgIpc) is 3.05. The predicted molar refractivity (Wildman–Crippen MR) is 107 cm³/mol. The number of fused-ring (bicyclic) bond motifs is 1. The molecule has 136 valence electrons. The van der Waals surface area contributed by atoms with Crippen LogP contribution in [-0.4, -0.2) is 20.4 Å². The van der Waals surface area contributed by atoms with Crippen molar-refractivity contribution in [3.63, 3.8) is 0 Å². The van der Waals surface area contributed by atoms with Crippen molar-refractivity contribution in [3.05, 3.63) is 79.8 Å². The van der Waals surface area contributed by atoms with E-state index in [0.717, 1.165) is 22.0 Å². The summed E-state index contributed by atoms with van der Waals surface area (Å²) >= 11 is 2.04. The number of non-ortho nitro benzene ring substituents is 1. The highest BCUT2D eigenvalue weighted by Gasteiger charge is 2.14. The minimum absolute atomic E-state index is 0.0161. The maximum atomic E-state index is 11.8. The van der Waals surface area contributed by atoms with Crippen molar-refractivity contribution in [2.45, 2.75) is 6.42 Å². The number of rotatable bonds is 6. The number of nitro benzene ring substituents is 1. The van der Waals surface area contributed by atoms with Gasteiger partial charge in [-0.1, -0.05) is 12.1 Å². The van der Waals surface area contributed by atoms with Gasteiger partial charge < -0.3 is 9.72 Å². The Morgan fingerprint density at radius 2 is 2.11 bits per heavy atom. The van der Waals surface area contributed by atoms with Crippen molar-refractivity contribution in [3.8, 4) is 5.75 Å². The monoisotopic (exact) mass is 477 g/mol. The summed E-state index contributed by atoms with van der Waals surface area (Å²) in [4.78, 5) is 28.0. The fourth-order valence-electron chi connectivity index (χ4n) is 2.76. The number of nitro groups is 1. The molecule has 27 heavy (non-hydrogen) atoms. The Bertz CT molecular complexity index is 1090. The molecule has 0 bridgehead atoms. The zero-order valence-corrected chi connectivity index (χ0v) is 15.9. The lowest BCUT2D eigenvalue weighted by Gasteiger charge is -2.11. The van der Waals surface area contributed by atoms with E-state index in [4.69, 9.17) is 10.3 Å². The first-order chi connectivity index (χ1) is 13.0. The Morgan fingerprint density at radius 3 is 2.81 bits per heavy atom. The lowest BCUT2D eigenvalue weighted by molar-refractivity contribution is -0.384. The fraction of sp³-hybridized carbons (Fsp3) is 0.118. The first-order valence-corrected chi connectivity index (χ1v) is 9.21. The zero-order chi connectivity index (χ0) is 19.4. The number of carbonyl (C=O) groups is 1. The molecule has 0 saturated carbocycles. The number of nitrogens with one attached hydrogen (secondary N) is 1. The molecule has 1 aromatic heterocycles. The maximum Gasteiger partial charge on any atom is 0.270 e. The molecule has 1 N–H and O–H groups in total. The van der Waals surface area contributed by atoms with Gasteiger partial charge in [0, 0.05) is 46.1 Å². The molecule has 1 heterocycles. The van der Waals surface area contributed by atoms with Crippen LogP contribution in [0.1, 0.15) is 21.5 Å². The number of aromatic amines is 1. The van der Waals surface area contributed by atoms with Crippen molar-refractivity contribution < 1.29 is 14.5 Å². The number of azide groups is 1. The number of hydrogen-bond acceptors (Lipinski definition) is 4. The van der Waals surface area contributed by atoms with Crippen molar-refractivity contribution in [1.29, 1.82) is 0 Å². The van der Waals surface area contributed by atoms with Gasteiger partial charge in [0.15, 0.2) is 0 Å². The van der Waals surface area contributed by atoms with E-state index in [1.54, 1.807) is 24.4 Å². The van der Waals surface area contributed by atoms with Crippen LogP contribution < -0.4 is 4.74 Å². The summed E-state index contributed by atoms with van der Waals surface area (Å²) in [5, 5.41) is 14.9. The Morgan fingerprint density at radius 1 is 1.30 bits per heavy atom. The predicted octanol–water partition coefficient (Wildman–Crippen LogP) is 4.89. The molecule has 0 spiro atoms. The van der Waals surface area contributed by atoms with Crippen molar-refractivity contribution in [1.82, 2.24) is 4.98 Å². The van der Waals surface area contributed by atoms with Crippen LogP contribution in [0.5, 0.6) is 5.75 Å². The van der Waals surface area contributed by atoms with Crippen molar-refractivity contribution in [2.75, 3.05) is 4.61 Å². The molecule has 0 radical (unpaired) electrons. The summed E-state index contributed by atoms with van der Waals surface area (Å²) in [6, 6.07) is 9.45. The van der Waals surface area contributed by atoms with E-state index in [1.165, 1.54) is 18.2 Å². The van der Waals surface area contributed by atoms with E-state index in [9.17, 15) is 14.9 Å². The van der Waals surface area contributed by atoms with Gasteiger partial charge in [-0.15, -0.1) is 0 Å². The highest BCUT2D eigenvalue weighted by molar-refractivity contribution is 14.1. The fourth-order valence-corrected chi connectivity index (χ4v) is 3.09. The molecule has 0 aliphatic rings. The molecule has 0 unspecified atom stereocenters. The quantitative estimate of drug-likeness (QED) is 0.103. The lowest BCUT2D eigenvalue weighted by atomic mass is 10.0. The third-order valence-electron chi connectivity index (χ3n) is 4.00. The molecule has 2 aromatic carbocycles. The van der Waals surface area contributed by atoms with Crippen LogP contribution in [0.25, 0.3) is 21.3 Å². The minimum Gasteiger partial charge on any atom is -0.483 e. The van der Waals surface area contributed by atoms with Gasteiger partial charge in [0.1, 0.15) is 10.4 Å². The molecule has 1 amide bonds. The molecule has 0 aliphatic carbocycles. The number of ether oxygens (including phenoxy) is 1. The highest BCUT2D eigenvalue weighted by atomic mass is 127. The summed E-state index contributed by atoms with van der Waals surface area (Å²) < 4.78 is 5.97. The van der Waals surface area contributed by atoms with Gasteiger partial charge in [0.05, 0.1) is 4.92 Å². The third kappa shape index (κ3) is 4.01. The van der Waals surface area contributed by atoms with Gasteiger partial charge in [0.25, 0.3) is 5.69 Å². The first-order valence-electron chi connectivity index (χ1n) is 7.69. The Hall–Kier alpha value is -3.11. The van der Waals surface area contributed by atoms with Crippen molar-refractivity contribution in [2.24, 2.45) is 5.11 Å². The second kappa shape index (κ2) is 8.06. The third-order valence-corrected chi connectivity index (χ3v) is 4.31. The molecule has 0 saturated heterocycles. The van der Waals surface area contributed by atoms with Crippen LogP contribution in [-0.2, 0) is 6.42 Å². The number of aromatic nitrogens is 1. The SMILES string of the molecule is [N-]=[N+]=NC(=O)c1ccc(Cc2c[nH]c3ccc([N+](=O)[O-])cc23)c(OCI)c1. The molecule has 0 atom stereocenters. The minimum atomic E-state index is -0.690. The topological polar surface area (TPSA) is 134 Å². The van der Waals surface area contributed by atoms with E-state index >= 15 is 0 Å². The standard InChI is InChI=1S/C17H12IN5O4/c18-9-27-16-6-11(17(24)21-22-19)2-1-10(16)5-12-8-20-15-4-3-13(23(25)26)7-14(12)15/h1-4,6-8,20H,5,9H2. The number of hydrogen-bond donors (Lipinski definition) is 1. The number of alkyl halides is 1. The normalized spacial score (nSPS) is 10.4. The molecule has 3 rings (SSSR count). The molecular formula is C17H12IN5O4. The van der Waals surface area contributed by atoms with E-state index in [0.29, 0.717) is 16.8 Å². The first kappa shape index (κ1) is 18.7. The van der Waals surface area contributed by atoms with Gasteiger partial charge in [-0.2, -0.15) is 0 Å². The van der Waals surface area contributed by atoms with E-state index in [1.807, 2.05) is 22.6 Å². The number of nitrogens with zero attached hydrogens (tertiary/aromatic N) is 4. The van der Waals surface area contributed by atoms with Gasteiger partial charge in [-0.3, -0.25) is 14.9 Å². The number of benzene rings is 2. The largest absolute Gasteiger partial charge is 0.483 e. The van der Waals surface area contributed by atoms with Gasteiger partial charge in [0.2, 0.25) is 5.91 Å². The maximum absolute atomic E-state index is 11.8. The Labute approximate surface area is 166 Å². The van der Waals surface area contributed by atoms with Crippen LogP contribution in [0.3, 0.4) is 0 Å².